The van der Waals surface area contributed by atoms with E-state index in [2.05, 4.69) is 0 Å². The van der Waals surface area contributed by atoms with Crippen LogP contribution >= 0.6 is 23.2 Å². The molecule has 0 bridgehead atoms. The molecule has 0 aliphatic heterocycles. The summed E-state index contributed by atoms with van der Waals surface area (Å²) in [5, 5.41) is 1.06. The molecule has 0 spiro atoms. The molecule has 0 aromatic heterocycles. The topological polar surface area (TPSA) is 26.3 Å². The molecule has 0 saturated heterocycles. The molecule has 1 aliphatic carbocycles. The maximum absolute atomic E-state index is 12.0. The molecule has 0 heterocycles. The first kappa shape index (κ1) is 14.7. The van der Waals surface area contributed by atoms with Gasteiger partial charge < -0.3 is 4.74 Å². The molecule has 0 atom stereocenters. The van der Waals surface area contributed by atoms with Crippen molar-refractivity contribution < 1.29 is 9.53 Å². The SMILES string of the molecule is O=C(CCOc1ccc(Cl)cc1Cl)C1CCCCC1. The Hall–Kier alpha value is -0.730. The molecule has 1 aromatic rings. The fourth-order valence-corrected chi connectivity index (χ4v) is 2.95. The van der Waals surface area contributed by atoms with Crippen molar-refractivity contribution in [1.82, 2.24) is 0 Å². The van der Waals surface area contributed by atoms with Gasteiger partial charge >= 0.3 is 0 Å². The van der Waals surface area contributed by atoms with Crippen LogP contribution in [-0.2, 0) is 4.79 Å². The molecule has 0 amide bonds. The fourth-order valence-electron chi connectivity index (χ4n) is 2.48. The van der Waals surface area contributed by atoms with Crippen LogP contribution in [-0.4, -0.2) is 12.4 Å². The molecule has 1 aromatic carbocycles. The number of ether oxygens (including phenoxy) is 1. The average molecular weight is 301 g/mol. The minimum Gasteiger partial charge on any atom is -0.492 e. The first-order valence-electron chi connectivity index (χ1n) is 6.77. The Bertz CT molecular complexity index is 440. The Balaban J connectivity index is 1.78. The first-order chi connectivity index (χ1) is 9.16. The average Bonchev–Trinajstić information content (AvgIpc) is 2.42. The molecular weight excluding hydrogens is 283 g/mol. The molecule has 1 aliphatic rings. The summed E-state index contributed by atoms with van der Waals surface area (Å²) in [7, 11) is 0. The van der Waals surface area contributed by atoms with Gasteiger partial charge in [0.05, 0.1) is 11.6 Å². The van der Waals surface area contributed by atoms with Crippen molar-refractivity contribution in [3.8, 4) is 5.75 Å². The van der Waals surface area contributed by atoms with Gasteiger partial charge in [0.1, 0.15) is 11.5 Å². The van der Waals surface area contributed by atoms with Crippen LogP contribution in [0.4, 0.5) is 0 Å². The van der Waals surface area contributed by atoms with Crippen LogP contribution in [0.25, 0.3) is 0 Å². The van der Waals surface area contributed by atoms with E-state index in [1.165, 1.54) is 19.3 Å². The smallest absolute Gasteiger partial charge is 0.139 e. The maximum Gasteiger partial charge on any atom is 0.139 e. The molecule has 19 heavy (non-hydrogen) atoms. The molecule has 0 unspecified atom stereocenters. The predicted octanol–water partition coefficient (Wildman–Crippen LogP) is 4.91. The molecule has 4 heteroatoms. The number of ketones is 1. The number of Topliss-reactive ketones (excluding diaryl/α,β-unsaturated/α-hetero) is 1. The van der Waals surface area contributed by atoms with Crippen molar-refractivity contribution in [3.63, 3.8) is 0 Å². The van der Waals surface area contributed by atoms with Gasteiger partial charge in [-0.1, -0.05) is 42.5 Å². The highest BCUT2D eigenvalue weighted by molar-refractivity contribution is 6.35. The van der Waals surface area contributed by atoms with Crippen LogP contribution in [0.1, 0.15) is 38.5 Å². The molecule has 1 fully saturated rings. The van der Waals surface area contributed by atoms with E-state index in [0.717, 1.165) is 12.8 Å². The van der Waals surface area contributed by atoms with Gasteiger partial charge in [0.2, 0.25) is 0 Å². The summed E-state index contributed by atoms with van der Waals surface area (Å²) >= 11 is 11.8. The molecular formula is C15H18Cl2O2. The zero-order valence-corrected chi connectivity index (χ0v) is 12.3. The third-order valence-corrected chi connectivity index (χ3v) is 4.09. The Morgan fingerprint density at radius 1 is 1.21 bits per heavy atom. The van der Waals surface area contributed by atoms with Crippen molar-refractivity contribution >= 4 is 29.0 Å². The van der Waals surface area contributed by atoms with Crippen molar-refractivity contribution in [3.05, 3.63) is 28.2 Å². The Labute approximate surface area is 124 Å². The van der Waals surface area contributed by atoms with Gasteiger partial charge in [-0.05, 0) is 31.0 Å². The van der Waals surface area contributed by atoms with Crippen LogP contribution in [0.15, 0.2) is 18.2 Å². The predicted molar refractivity (Wildman–Crippen MR) is 78.2 cm³/mol. The van der Waals surface area contributed by atoms with Gasteiger partial charge in [-0.2, -0.15) is 0 Å². The van der Waals surface area contributed by atoms with Crippen molar-refractivity contribution in [2.24, 2.45) is 5.92 Å². The van der Waals surface area contributed by atoms with E-state index >= 15 is 0 Å². The fraction of sp³-hybridized carbons (Fsp3) is 0.533. The van der Waals surface area contributed by atoms with Crippen LogP contribution in [0, 0.1) is 5.92 Å². The number of halogens is 2. The molecule has 104 valence electrons. The minimum absolute atomic E-state index is 0.248. The van der Waals surface area contributed by atoms with E-state index in [4.69, 9.17) is 27.9 Å². The van der Waals surface area contributed by atoms with Gasteiger partial charge in [0.15, 0.2) is 0 Å². The van der Waals surface area contributed by atoms with Gasteiger partial charge in [0.25, 0.3) is 0 Å². The van der Waals surface area contributed by atoms with Gasteiger partial charge in [-0.25, -0.2) is 0 Å². The highest BCUT2D eigenvalue weighted by atomic mass is 35.5. The number of carbonyl (C=O) groups is 1. The zero-order valence-electron chi connectivity index (χ0n) is 10.8. The van der Waals surface area contributed by atoms with E-state index in [-0.39, 0.29) is 5.92 Å². The summed E-state index contributed by atoms with van der Waals surface area (Å²) in [6, 6.07) is 5.10. The van der Waals surface area contributed by atoms with Crippen LogP contribution in [0.5, 0.6) is 5.75 Å². The van der Waals surface area contributed by atoms with Crippen LogP contribution in [0.3, 0.4) is 0 Å². The Morgan fingerprint density at radius 2 is 1.95 bits per heavy atom. The Morgan fingerprint density at radius 3 is 2.63 bits per heavy atom. The monoisotopic (exact) mass is 300 g/mol. The number of hydrogen-bond acceptors (Lipinski definition) is 2. The third-order valence-electron chi connectivity index (χ3n) is 3.56. The first-order valence-corrected chi connectivity index (χ1v) is 7.53. The summed E-state index contributed by atoms with van der Waals surface area (Å²) in [4.78, 5) is 12.0. The number of carbonyl (C=O) groups excluding carboxylic acids is 1. The van der Waals surface area contributed by atoms with Gasteiger partial charge in [0, 0.05) is 17.4 Å². The van der Waals surface area contributed by atoms with E-state index in [1.54, 1.807) is 18.2 Å². The lowest BCUT2D eigenvalue weighted by atomic mass is 9.85. The lowest BCUT2D eigenvalue weighted by Gasteiger charge is -2.20. The summed E-state index contributed by atoms with van der Waals surface area (Å²) in [5.74, 6) is 1.16. The molecule has 2 nitrogen and oxygen atoms in total. The Kier molecular flexibility index (Phi) is 5.53. The minimum atomic E-state index is 0.248. The number of rotatable bonds is 5. The second-order valence-corrected chi connectivity index (χ2v) is 5.82. The molecule has 1 saturated carbocycles. The van der Waals surface area contributed by atoms with Crippen LogP contribution in [0.2, 0.25) is 10.0 Å². The highest BCUT2D eigenvalue weighted by Crippen LogP contribution is 2.28. The number of benzene rings is 1. The van der Waals surface area contributed by atoms with E-state index in [0.29, 0.717) is 34.6 Å². The quantitative estimate of drug-likeness (QED) is 0.772. The third kappa shape index (κ3) is 4.39. The second-order valence-electron chi connectivity index (χ2n) is 4.97. The highest BCUT2D eigenvalue weighted by Gasteiger charge is 2.20. The van der Waals surface area contributed by atoms with E-state index in [1.807, 2.05) is 0 Å². The normalized spacial score (nSPS) is 16.3. The van der Waals surface area contributed by atoms with E-state index in [9.17, 15) is 4.79 Å². The maximum atomic E-state index is 12.0. The summed E-state index contributed by atoms with van der Waals surface area (Å²) in [5.41, 5.74) is 0. The summed E-state index contributed by atoms with van der Waals surface area (Å²) < 4.78 is 5.54. The van der Waals surface area contributed by atoms with Crippen molar-refractivity contribution in [2.75, 3.05) is 6.61 Å². The van der Waals surface area contributed by atoms with Crippen LogP contribution < -0.4 is 4.74 Å². The van der Waals surface area contributed by atoms with Gasteiger partial charge in [-0.3, -0.25) is 4.79 Å². The van der Waals surface area contributed by atoms with Crippen molar-refractivity contribution in [1.29, 1.82) is 0 Å². The largest absolute Gasteiger partial charge is 0.492 e. The molecule has 0 radical (unpaired) electrons. The standard InChI is InChI=1S/C15H18Cl2O2/c16-12-6-7-15(13(17)10-12)19-9-8-14(18)11-4-2-1-3-5-11/h6-7,10-11H,1-5,8-9H2. The van der Waals surface area contributed by atoms with Gasteiger partial charge in [-0.15, -0.1) is 0 Å². The molecule has 2 rings (SSSR count). The summed E-state index contributed by atoms with van der Waals surface area (Å²) in [6.07, 6.45) is 6.17. The lowest BCUT2D eigenvalue weighted by molar-refractivity contribution is -0.124. The zero-order chi connectivity index (χ0) is 13.7. The number of hydrogen-bond donors (Lipinski definition) is 0. The second kappa shape index (κ2) is 7.16. The summed E-state index contributed by atoms with van der Waals surface area (Å²) in [6.45, 7) is 0.386. The molecule has 0 N–H and O–H groups in total. The van der Waals surface area contributed by atoms with E-state index < -0.39 is 0 Å². The van der Waals surface area contributed by atoms with Crippen molar-refractivity contribution in [2.45, 2.75) is 38.5 Å². The lowest BCUT2D eigenvalue weighted by Crippen LogP contribution is -2.19.